The number of rotatable bonds is 7. The van der Waals surface area contributed by atoms with Crippen LogP contribution >= 0.6 is 11.6 Å². The smallest absolute Gasteiger partial charge is 0.247 e. The number of benzene rings is 2. The minimum Gasteiger partial charge on any atom is -0.497 e. The number of likely N-dealkylation sites (tertiary alicyclic amines) is 1. The van der Waals surface area contributed by atoms with Gasteiger partial charge in [-0.05, 0) is 42.3 Å². The number of carbonyl (C=O) groups is 2. The minimum absolute atomic E-state index is 0.127. The topological polar surface area (TPSA) is 87.2 Å². The Bertz CT molecular complexity index is 1130. The van der Waals surface area contributed by atoms with Crippen LogP contribution in [0.15, 0.2) is 53.4 Å². The highest BCUT2D eigenvalue weighted by Gasteiger charge is 2.43. The molecule has 2 heterocycles. The van der Waals surface area contributed by atoms with E-state index in [1.54, 1.807) is 19.2 Å². The fourth-order valence-electron chi connectivity index (χ4n) is 4.25. The Morgan fingerprint density at radius 3 is 2.36 bits per heavy atom. The maximum Gasteiger partial charge on any atom is 0.247 e. The zero-order chi connectivity index (χ0) is 23.6. The van der Waals surface area contributed by atoms with Gasteiger partial charge in [0.25, 0.3) is 0 Å². The molecule has 2 saturated heterocycles. The zero-order valence-electron chi connectivity index (χ0n) is 18.3. The number of piperazine rings is 1. The normalized spacial score (nSPS) is 20.4. The van der Waals surface area contributed by atoms with Gasteiger partial charge in [0.2, 0.25) is 21.8 Å². The molecule has 0 spiro atoms. The molecular formula is C23H26ClN3O5S. The summed E-state index contributed by atoms with van der Waals surface area (Å²) >= 11 is 5.95. The van der Waals surface area contributed by atoms with Crippen molar-refractivity contribution in [3.05, 3.63) is 59.1 Å². The number of halogens is 1. The molecule has 0 saturated carbocycles. The van der Waals surface area contributed by atoms with E-state index in [9.17, 15) is 18.0 Å². The van der Waals surface area contributed by atoms with E-state index in [0.29, 0.717) is 31.1 Å². The third-order valence-electron chi connectivity index (χ3n) is 6.15. The van der Waals surface area contributed by atoms with Crippen molar-refractivity contribution in [3.8, 4) is 5.75 Å². The summed E-state index contributed by atoms with van der Waals surface area (Å²) in [5.41, 5.74) is 1.01. The van der Waals surface area contributed by atoms with Gasteiger partial charge in [-0.2, -0.15) is 4.31 Å². The molecule has 0 aromatic heterocycles. The summed E-state index contributed by atoms with van der Waals surface area (Å²) in [6, 6.07) is 13.2. The first-order valence-corrected chi connectivity index (χ1v) is 12.6. The second kappa shape index (κ2) is 9.80. The average molecular weight is 492 g/mol. The van der Waals surface area contributed by atoms with Crippen LogP contribution in [0.25, 0.3) is 0 Å². The summed E-state index contributed by atoms with van der Waals surface area (Å²) in [5, 5.41) is 0.361. The van der Waals surface area contributed by atoms with Gasteiger partial charge in [0, 0.05) is 37.7 Å². The highest BCUT2D eigenvalue weighted by Crippen LogP contribution is 2.24. The standard InChI is InChI=1S/C23H26ClN3O5S/c1-32-19-7-5-17(6-8-19)9-10-27-22(28)16-21(23(27)29)25-11-13-26(14-12-25)33(30,31)20-4-2-3-18(24)15-20/h2-8,15,21H,9-14,16H2,1H3. The molecule has 8 nitrogen and oxygen atoms in total. The van der Waals surface area contributed by atoms with Crippen LogP contribution in [-0.4, -0.2) is 80.2 Å². The summed E-state index contributed by atoms with van der Waals surface area (Å²) < 4.78 is 32.4. The van der Waals surface area contributed by atoms with Crippen LogP contribution in [0.3, 0.4) is 0 Å². The Balaban J connectivity index is 1.34. The molecule has 2 aromatic carbocycles. The summed E-state index contributed by atoms with van der Waals surface area (Å²) in [4.78, 5) is 28.9. The number of carbonyl (C=O) groups excluding carboxylic acids is 2. The molecule has 2 fully saturated rings. The summed E-state index contributed by atoms with van der Waals surface area (Å²) in [6.07, 6.45) is 0.697. The number of nitrogens with zero attached hydrogens (tertiary/aromatic N) is 3. The summed E-state index contributed by atoms with van der Waals surface area (Å²) in [5.74, 6) is 0.357. The SMILES string of the molecule is COc1ccc(CCN2C(=O)CC(N3CCN(S(=O)(=O)c4cccc(Cl)c4)CC3)C2=O)cc1. The predicted molar refractivity (Wildman–Crippen MR) is 124 cm³/mol. The maximum atomic E-state index is 13.0. The number of ether oxygens (including phenoxy) is 1. The van der Waals surface area contributed by atoms with Gasteiger partial charge in [-0.1, -0.05) is 29.8 Å². The Hall–Kier alpha value is -2.46. The van der Waals surface area contributed by atoms with E-state index in [4.69, 9.17) is 16.3 Å². The molecular weight excluding hydrogens is 466 g/mol. The molecule has 10 heteroatoms. The van der Waals surface area contributed by atoms with Gasteiger partial charge in [0.15, 0.2) is 0 Å². The lowest BCUT2D eigenvalue weighted by molar-refractivity contribution is -0.139. The van der Waals surface area contributed by atoms with E-state index in [-0.39, 0.29) is 36.2 Å². The summed E-state index contributed by atoms with van der Waals surface area (Å²) in [7, 11) is -2.06. The zero-order valence-corrected chi connectivity index (χ0v) is 19.9. The molecule has 1 atom stereocenters. The first kappa shape index (κ1) is 23.7. The molecule has 0 N–H and O–H groups in total. The third kappa shape index (κ3) is 5.06. The van der Waals surface area contributed by atoms with Crippen molar-refractivity contribution in [3.63, 3.8) is 0 Å². The monoisotopic (exact) mass is 491 g/mol. The lowest BCUT2D eigenvalue weighted by atomic mass is 10.1. The Morgan fingerprint density at radius 1 is 1.03 bits per heavy atom. The predicted octanol–water partition coefficient (Wildman–Crippen LogP) is 2.03. The average Bonchev–Trinajstić information content (AvgIpc) is 3.11. The third-order valence-corrected chi connectivity index (χ3v) is 8.28. The van der Waals surface area contributed by atoms with E-state index >= 15 is 0 Å². The molecule has 2 amide bonds. The molecule has 0 bridgehead atoms. The number of hydrogen-bond acceptors (Lipinski definition) is 6. The number of sulfonamides is 1. The minimum atomic E-state index is -3.66. The fraction of sp³-hybridized carbons (Fsp3) is 0.391. The molecule has 2 aliphatic heterocycles. The van der Waals surface area contributed by atoms with Crippen molar-refractivity contribution in [1.29, 1.82) is 0 Å². The van der Waals surface area contributed by atoms with Crippen molar-refractivity contribution >= 4 is 33.4 Å². The Kier molecular flexibility index (Phi) is 7.04. The molecule has 33 heavy (non-hydrogen) atoms. The van der Waals surface area contributed by atoms with E-state index < -0.39 is 16.1 Å². The highest BCUT2D eigenvalue weighted by molar-refractivity contribution is 7.89. The van der Waals surface area contributed by atoms with Crippen molar-refractivity contribution < 1.29 is 22.7 Å². The van der Waals surface area contributed by atoms with Crippen molar-refractivity contribution in [2.75, 3.05) is 39.8 Å². The number of imide groups is 1. The largest absolute Gasteiger partial charge is 0.497 e. The van der Waals surface area contributed by atoms with Gasteiger partial charge < -0.3 is 4.74 Å². The maximum absolute atomic E-state index is 13.0. The van der Waals surface area contributed by atoms with Crippen LogP contribution in [-0.2, 0) is 26.0 Å². The van der Waals surface area contributed by atoms with Crippen LogP contribution in [0.1, 0.15) is 12.0 Å². The van der Waals surface area contributed by atoms with Crippen LogP contribution in [0.2, 0.25) is 5.02 Å². The first-order valence-electron chi connectivity index (χ1n) is 10.8. The number of hydrogen-bond donors (Lipinski definition) is 0. The molecule has 0 radical (unpaired) electrons. The van der Waals surface area contributed by atoms with Crippen LogP contribution in [0, 0.1) is 0 Å². The lowest BCUT2D eigenvalue weighted by Gasteiger charge is -2.36. The second-order valence-electron chi connectivity index (χ2n) is 8.10. The van der Waals surface area contributed by atoms with Crippen LogP contribution < -0.4 is 4.74 Å². The van der Waals surface area contributed by atoms with Crippen LogP contribution in [0.5, 0.6) is 5.75 Å². The van der Waals surface area contributed by atoms with E-state index in [1.165, 1.54) is 21.3 Å². The Morgan fingerprint density at radius 2 is 1.73 bits per heavy atom. The van der Waals surface area contributed by atoms with Gasteiger partial charge in [0.05, 0.1) is 24.5 Å². The van der Waals surface area contributed by atoms with Crippen molar-refractivity contribution in [2.24, 2.45) is 0 Å². The fourth-order valence-corrected chi connectivity index (χ4v) is 5.97. The highest BCUT2D eigenvalue weighted by atomic mass is 35.5. The molecule has 2 aliphatic rings. The molecule has 0 aliphatic carbocycles. The molecule has 4 rings (SSSR count). The second-order valence-corrected chi connectivity index (χ2v) is 10.5. The van der Waals surface area contributed by atoms with Crippen molar-refractivity contribution in [2.45, 2.75) is 23.8 Å². The molecule has 2 aromatic rings. The lowest BCUT2D eigenvalue weighted by Crippen LogP contribution is -2.53. The summed E-state index contributed by atoms with van der Waals surface area (Å²) in [6.45, 7) is 1.59. The van der Waals surface area contributed by atoms with Crippen LogP contribution in [0.4, 0.5) is 0 Å². The number of amides is 2. The van der Waals surface area contributed by atoms with E-state index in [0.717, 1.165) is 11.3 Å². The molecule has 176 valence electrons. The van der Waals surface area contributed by atoms with Gasteiger partial charge in [-0.25, -0.2) is 8.42 Å². The van der Waals surface area contributed by atoms with Gasteiger partial charge in [-0.3, -0.25) is 19.4 Å². The Labute approximate surface area is 198 Å². The van der Waals surface area contributed by atoms with E-state index in [2.05, 4.69) is 0 Å². The first-order chi connectivity index (χ1) is 15.8. The van der Waals surface area contributed by atoms with Crippen molar-refractivity contribution in [1.82, 2.24) is 14.1 Å². The van der Waals surface area contributed by atoms with Gasteiger partial charge in [0.1, 0.15) is 5.75 Å². The van der Waals surface area contributed by atoms with E-state index in [1.807, 2.05) is 29.2 Å². The number of methoxy groups -OCH3 is 1. The molecule has 1 unspecified atom stereocenters. The van der Waals surface area contributed by atoms with Gasteiger partial charge >= 0.3 is 0 Å². The van der Waals surface area contributed by atoms with Gasteiger partial charge in [-0.15, -0.1) is 0 Å². The quantitative estimate of drug-likeness (QED) is 0.551.